The van der Waals surface area contributed by atoms with Crippen molar-refractivity contribution >= 4 is 0 Å². The minimum atomic E-state index is 0.241. The predicted molar refractivity (Wildman–Crippen MR) is 59.3 cm³/mol. The molecule has 1 fully saturated rings. The van der Waals surface area contributed by atoms with Gasteiger partial charge < -0.3 is 5.32 Å². The van der Waals surface area contributed by atoms with Crippen LogP contribution < -0.4 is 5.32 Å². The second kappa shape index (κ2) is 3.93. The summed E-state index contributed by atoms with van der Waals surface area (Å²) in [5.74, 6) is 1.88. The van der Waals surface area contributed by atoms with E-state index in [-0.39, 0.29) is 5.54 Å². The Labute approximate surface area is 91.1 Å². The first-order valence-corrected chi connectivity index (χ1v) is 5.75. The summed E-state index contributed by atoms with van der Waals surface area (Å²) in [4.78, 5) is 4.26. The standard InChI is InChI=1S/C11H20N4/c1-4-15-10(12-8-14-15)7-13-11(2,3)9-5-6-9/h8-9,13H,4-7H2,1-3H3. The maximum Gasteiger partial charge on any atom is 0.140 e. The van der Waals surface area contributed by atoms with E-state index >= 15 is 0 Å². The van der Waals surface area contributed by atoms with Crippen LogP contribution in [-0.4, -0.2) is 20.3 Å². The Hall–Kier alpha value is -0.900. The van der Waals surface area contributed by atoms with Crippen molar-refractivity contribution in [2.24, 2.45) is 5.92 Å². The van der Waals surface area contributed by atoms with Crippen molar-refractivity contribution in [2.45, 2.75) is 52.2 Å². The topological polar surface area (TPSA) is 42.7 Å². The lowest BCUT2D eigenvalue weighted by atomic mass is 9.99. The third kappa shape index (κ3) is 2.37. The van der Waals surface area contributed by atoms with Gasteiger partial charge in [0, 0.05) is 12.1 Å². The van der Waals surface area contributed by atoms with Gasteiger partial charge in [0.1, 0.15) is 12.2 Å². The van der Waals surface area contributed by atoms with Gasteiger partial charge >= 0.3 is 0 Å². The molecule has 0 aromatic carbocycles. The van der Waals surface area contributed by atoms with Gasteiger partial charge in [0.25, 0.3) is 0 Å². The highest BCUT2D eigenvalue weighted by Gasteiger charge is 2.37. The molecule has 4 nitrogen and oxygen atoms in total. The Morgan fingerprint density at radius 1 is 1.53 bits per heavy atom. The molecule has 2 rings (SSSR count). The lowest BCUT2D eigenvalue weighted by Gasteiger charge is -2.26. The summed E-state index contributed by atoms with van der Waals surface area (Å²) in [7, 11) is 0. The molecule has 0 saturated heterocycles. The molecule has 0 atom stereocenters. The van der Waals surface area contributed by atoms with Gasteiger partial charge in [0.15, 0.2) is 0 Å². The Morgan fingerprint density at radius 2 is 2.27 bits per heavy atom. The van der Waals surface area contributed by atoms with Crippen molar-refractivity contribution in [3.63, 3.8) is 0 Å². The van der Waals surface area contributed by atoms with Gasteiger partial charge in [0.05, 0.1) is 6.54 Å². The van der Waals surface area contributed by atoms with Crippen LogP contribution in [0.3, 0.4) is 0 Å². The smallest absolute Gasteiger partial charge is 0.140 e. The van der Waals surface area contributed by atoms with Crippen molar-refractivity contribution in [2.75, 3.05) is 0 Å². The molecule has 4 heteroatoms. The van der Waals surface area contributed by atoms with Crippen LogP contribution in [0.4, 0.5) is 0 Å². The highest BCUT2D eigenvalue weighted by molar-refractivity contribution is 4.96. The molecule has 0 bridgehead atoms. The molecule has 0 amide bonds. The van der Waals surface area contributed by atoms with Gasteiger partial charge in [-0.2, -0.15) is 5.10 Å². The van der Waals surface area contributed by atoms with Gasteiger partial charge in [-0.3, -0.25) is 0 Å². The van der Waals surface area contributed by atoms with E-state index in [9.17, 15) is 0 Å². The summed E-state index contributed by atoms with van der Waals surface area (Å²) < 4.78 is 1.94. The molecule has 1 aromatic rings. The molecule has 1 saturated carbocycles. The molecule has 0 radical (unpaired) electrons. The highest BCUT2D eigenvalue weighted by Crippen LogP contribution is 2.39. The highest BCUT2D eigenvalue weighted by atomic mass is 15.3. The Morgan fingerprint density at radius 3 is 2.87 bits per heavy atom. The summed E-state index contributed by atoms with van der Waals surface area (Å²) in [6, 6.07) is 0. The molecule has 0 aliphatic heterocycles. The van der Waals surface area contributed by atoms with Crippen molar-refractivity contribution < 1.29 is 0 Å². The summed E-state index contributed by atoms with van der Waals surface area (Å²) >= 11 is 0. The van der Waals surface area contributed by atoms with Crippen LogP contribution in [0.15, 0.2) is 6.33 Å². The van der Waals surface area contributed by atoms with Gasteiger partial charge in [-0.05, 0) is 39.5 Å². The number of aryl methyl sites for hydroxylation is 1. The zero-order valence-corrected chi connectivity index (χ0v) is 9.82. The zero-order valence-electron chi connectivity index (χ0n) is 9.82. The second-order valence-corrected chi connectivity index (χ2v) is 4.84. The predicted octanol–water partition coefficient (Wildman–Crippen LogP) is 1.58. The fourth-order valence-electron chi connectivity index (χ4n) is 1.95. The lowest BCUT2D eigenvalue weighted by molar-refractivity contribution is 0.332. The first kappa shape index (κ1) is 10.6. The zero-order chi connectivity index (χ0) is 10.9. The molecule has 84 valence electrons. The average Bonchev–Trinajstić information content (AvgIpc) is 2.96. The fourth-order valence-corrected chi connectivity index (χ4v) is 1.95. The SMILES string of the molecule is CCn1ncnc1CNC(C)(C)C1CC1. The maximum absolute atomic E-state index is 4.26. The molecule has 1 aromatic heterocycles. The van der Waals surface area contributed by atoms with E-state index in [4.69, 9.17) is 0 Å². The van der Waals surface area contributed by atoms with Crippen LogP contribution >= 0.6 is 0 Å². The van der Waals surface area contributed by atoms with Gasteiger partial charge in [-0.25, -0.2) is 9.67 Å². The summed E-state index contributed by atoms with van der Waals surface area (Å²) in [5.41, 5.74) is 0.241. The lowest BCUT2D eigenvalue weighted by Crippen LogP contribution is -2.41. The molecule has 0 spiro atoms. The van der Waals surface area contributed by atoms with Crippen LogP contribution in [0.2, 0.25) is 0 Å². The average molecular weight is 208 g/mol. The number of hydrogen-bond donors (Lipinski definition) is 1. The van der Waals surface area contributed by atoms with Crippen molar-refractivity contribution in [3.8, 4) is 0 Å². The minimum absolute atomic E-state index is 0.241. The summed E-state index contributed by atoms with van der Waals surface area (Å²) in [6.45, 7) is 8.34. The van der Waals surface area contributed by atoms with E-state index in [2.05, 4.69) is 36.2 Å². The van der Waals surface area contributed by atoms with Crippen molar-refractivity contribution in [1.82, 2.24) is 20.1 Å². The normalized spacial score (nSPS) is 17.0. The molecule has 15 heavy (non-hydrogen) atoms. The molecule has 1 aliphatic rings. The fraction of sp³-hybridized carbons (Fsp3) is 0.818. The monoisotopic (exact) mass is 208 g/mol. The van der Waals surface area contributed by atoms with Gasteiger partial charge in [0.2, 0.25) is 0 Å². The van der Waals surface area contributed by atoms with Gasteiger partial charge in [-0.15, -0.1) is 0 Å². The van der Waals surface area contributed by atoms with Crippen LogP contribution in [0.25, 0.3) is 0 Å². The Balaban J connectivity index is 1.92. The van der Waals surface area contributed by atoms with E-state index in [1.165, 1.54) is 12.8 Å². The molecular weight excluding hydrogens is 188 g/mol. The van der Waals surface area contributed by atoms with Crippen molar-refractivity contribution in [1.29, 1.82) is 0 Å². The molecular formula is C11H20N4. The van der Waals surface area contributed by atoms with E-state index in [1.54, 1.807) is 6.33 Å². The number of nitrogens with one attached hydrogen (secondary N) is 1. The van der Waals surface area contributed by atoms with E-state index < -0.39 is 0 Å². The van der Waals surface area contributed by atoms with E-state index in [1.807, 2.05) is 4.68 Å². The van der Waals surface area contributed by atoms with Crippen LogP contribution in [0.1, 0.15) is 39.4 Å². The number of rotatable bonds is 5. The summed E-state index contributed by atoms with van der Waals surface area (Å²) in [6.07, 6.45) is 4.35. The number of nitrogens with zero attached hydrogens (tertiary/aromatic N) is 3. The number of hydrogen-bond acceptors (Lipinski definition) is 3. The summed E-state index contributed by atoms with van der Waals surface area (Å²) in [5, 5.41) is 7.74. The van der Waals surface area contributed by atoms with E-state index in [0.29, 0.717) is 0 Å². The maximum atomic E-state index is 4.26. The second-order valence-electron chi connectivity index (χ2n) is 4.84. The van der Waals surface area contributed by atoms with Crippen LogP contribution in [0.5, 0.6) is 0 Å². The third-order valence-corrected chi connectivity index (χ3v) is 3.30. The van der Waals surface area contributed by atoms with Crippen LogP contribution in [0, 0.1) is 5.92 Å². The van der Waals surface area contributed by atoms with Crippen molar-refractivity contribution in [3.05, 3.63) is 12.2 Å². The first-order valence-electron chi connectivity index (χ1n) is 5.75. The van der Waals surface area contributed by atoms with Crippen LogP contribution in [-0.2, 0) is 13.1 Å². The quantitative estimate of drug-likeness (QED) is 0.799. The number of aromatic nitrogens is 3. The largest absolute Gasteiger partial charge is 0.305 e. The Bertz CT molecular complexity index is 325. The molecule has 1 heterocycles. The molecule has 0 unspecified atom stereocenters. The first-order chi connectivity index (χ1) is 7.13. The molecule has 1 N–H and O–H groups in total. The Kier molecular flexibility index (Phi) is 2.78. The third-order valence-electron chi connectivity index (χ3n) is 3.30. The minimum Gasteiger partial charge on any atom is -0.305 e. The van der Waals surface area contributed by atoms with E-state index in [0.717, 1.165) is 24.8 Å². The van der Waals surface area contributed by atoms with Gasteiger partial charge in [-0.1, -0.05) is 0 Å². The molecule has 1 aliphatic carbocycles.